The SMILES string of the molecule is CC[C@]1([C@H]2O[C@H]([C@@H]3O[C@](O)(CO)[C@@H](C)C[C@H]3C)C[C@H]2C)CC[C@@H]([C@@]2(C)CC[C@@]3(C[C@@H](O)[C@H](C)[C@H]([C@H](C)[C@H](OC)[C@@H](C)C(=O)OCc4cc(COC(=O)[C@H](C)[C@@H](OC)[C@@H](C)[C@@H]5O[C@]6(CC[C@](C)([C@@H]7CC[C@](CC)([C@H]8O[C@H]([C@@H]9O[C@](O)(CO)[C@@H](C)C[C@H]9C)C[C@H]8C)O7)O6)C[C@@H](O)[C@@H]5C)cc(COC(=O)[C@H](C)[C@@H](OC)[C@@H](C)[C@@H]5O[C@]6(CC[C@](C)([C@@H]7CC[C@](CC)([C@H]8O[C@H]([C@@H]9O[C@](O)(CO)[C@@H](C)C[C@H]9C)C[C@H]8C)O7)O6)C[C@@H](O)[C@@H]5C)c4)O3)O2)O1. The minimum atomic E-state index is -1.65. The summed E-state index contributed by atoms with van der Waals surface area (Å²) in [5.74, 6) is -15.7. The highest BCUT2D eigenvalue weighted by Gasteiger charge is 2.69. The highest BCUT2D eigenvalue weighted by Crippen LogP contribution is 2.62. The fourth-order valence-corrected chi connectivity index (χ4v) is 31.7. The average molecular weight is 2130 g/mol. The van der Waals surface area contributed by atoms with Gasteiger partial charge in [-0.1, -0.05) is 125 Å². The maximum Gasteiger partial charge on any atom is 0.311 e. The van der Waals surface area contributed by atoms with Gasteiger partial charge < -0.3 is 145 Å². The van der Waals surface area contributed by atoms with Gasteiger partial charge in [0, 0.05) is 113 Å². The van der Waals surface area contributed by atoms with Crippen molar-refractivity contribution in [2.24, 2.45) is 107 Å². The van der Waals surface area contributed by atoms with E-state index in [4.69, 9.17) is 99.5 Å². The maximum absolute atomic E-state index is 14.9. The number of ether oxygens (including phenoxy) is 21. The van der Waals surface area contributed by atoms with Crippen LogP contribution in [0.2, 0.25) is 0 Å². The molecule has 15 saturated heterocycles. The van der Waals surface area contributed by atoms with E-state index in [1.165, 1.54) is 0 Å². The Hall–Kier alpha value is -3.45. The van der Waals surface area contributed by atoms with Crippen LogP contribution in [0.1, 0.15) is 337 Å². The van der Waals surface area contributed by atoms with E-state index in [1.54, 1.807) is 60.3 Å². The van der Waals surface area contributed by atoms with E-state index in [2.05, 4.69) is 83.1 Å². The van der Waals surface area contributed by atoms with Gasteiger partial charge in [0.2, 0.25) is 0 Å². The first kappa shape index (κ1) is 119. The van der Waals surface area contributed by atoms with Crippen LogP contribution < -0.4 is 0 Å². The van der Waals surface area contributed by atoms with E-state index >= 15 is 0 Å². The van der Waals surface area contributed by atoms with Crippen LogP contribution in [0.15, 0.2) is 18.2 Å². The summed E-state index contributed by atoms with van der Waals surface area (Å²) in [4.78, 5) is 44.8. The molecule has 15 fully saturated rings. The number of carbonyl (C=O) groups excluding carboxylic acids is 3. The molecule has 33 nitrogen and oxygen atoms in total. The van der Waals surface area contributed by atoms with E-state index in [1.807, 2.05) is 62.3 Å². The van der Waals surface area contributed by atoms with Gasteiger partial charge in [-0.15, -0.1) is 0 Å². The van der Waals surface area contributed by atoms with Crippen molar-refractivity contribution >= 4 is 17.9 Å². The minimum absolute atomic E-state index is 0.0966. The molecule has 0 aromatic heterocycles. The highest BCUT2D eigenvalue weighted by molar-refractivity contribution is 5.74. The van der Waals surface area contributed by atoms with Crippen molar-refractivity contribution in [1.82, 2.24) is 0 Å². The molecule has 150 heavy (non-hydrogen) atoms. The molecule has 1 aromatic carbocycles. The van der Waals surface area contributed by atoms with Gasteiger partial charge in [-0.05, 0) is 228 Å². The summed E-state index contributed by atoms with van der Waals surface area (Å²) in [5.41, 5.74) is -2.83. The van der Waals surface area contributed by atoms with Crippen molar-refractivity contribution < 1.29 is 160 Å². The molecule has 15 heterocycles. The molecule has 0 amide bonds. The number of aliphatic hydroxyl groups is 9. The van der Waals surface area contributed by atoms with E-state index in [9.17, 15) is 60.3 Å². The Kier molecular flexibility index (Phi) is 36.4. The van der Waals surface area contributed by atoms with Gasteiger partial charge in [0.15, 0.2) is 34.7 Å². The fourth-order valence-electron chi connectivity index (χ4n) is 31.7. The van der Waals surface area contributed by atoms with E-state index in [-0.39, 0.29) is 147 Å². The molecule has 33 heteroatoms. The van der Waals surface area contributed by atoms with Gasteiger partial charge in [0.05, 0.1) is 199 Å². The normalized spacial score (nSPS) is 48.7. The average Bonchev–Trinajstić information content (AvgIpc) is 1.58. The Labute approximate surface area is 892 Å². The lowest BCUT2D eigenvalue weighted by atomic mass is 9.78. The number of carbonyl (C=O) groups is 3. The van der Waals surface area contributed by atoms with Crippen molar-refractivity contribution in [3.8, 4) is 0 Å². The standard InChI is InChI=1S/C117H192O33/c1-28-109(100-64(7)46-85(136-100)91-61(4)43-67(10)115(127,58-118)145-91)34-31-88(139-109)106(22)37-40-112(148-106)52-82(121)70(13)97(142-112)73(16)94(130-25)76(19)103(124)133-55-79-49-80(56-134-104(125)77(20)95(131-26)74(17)98-71(14)83(122)53-113(143-98)41-38-107(23,149-113)89-32-35-110(29-2,140-89)101-65(8)47-86(137-101)92-62(5)44-68(11)116(128,59-119)146-92)51-81(50-79)57-135-105(126)78(21)96(132-27)75(18)99-72(15)84(123)54-114(144-99)42-39-108(24,150-114)90-33-36-111(30-3,141-90)102-66(9)48-87(138-102)93-63(6)45-69(12)117(129,60-120)147-93/h49-51,61-78,82-102,118-123,127-129H,28-48,52-60H2,1-27H3/t61-,62-,63-,64-,65-,66-,67+,68+,69+,70+,71+,72+,73-,74-,75-,76-,77-,78-,82-,83-,84-,85+,86+,87+,88+,89+,90+,91-,92-,93-,94+,95+,96+,97-,98-,99-,100+,101+,102+,106-,107-,108-,109-,110-,111-,112+,113+,114+,115-,116-,117-/m1/s1. The second kappa shape index (κ2) is 45.8. The van der Waals surface area contributed by atoms with Crippen LogP contribution in [0.25, 0.3) is 0 Å². The molecule has 0 unspecified atom stereocenters. The van der Waals surface area contributed by atoms with Gasteiger partial charge in [-0.25, -0.2) is 0 Å². The molecule has 15 aliphatic rings. The van der Waals surface area contributed by atoms with Crippen LogP contribution in [-0.2, 0) is 134 Å². The molecule has 15 aliphatic heterocycles. The van der Waals surface area contributed by atoms with E-state index in [0.29, 0.717) is 132 Å². The molecule has 51 atom stereocenters. The smallest absolute Gasteiger partial charge is 0.311 e. The van der Waals surface area contributed by atoms with E-state index < -0.39 is 233 Å². The van der Waals surface area contributed by atoms with Crippen molar-refractivity contribution in [3.05, 3.63) is 34.9 Å². The minimum Gasteiger partial charge on any atom is -0.461 e. The lowest BCUT2D eigenvalue weighted by molar-refractivity contribution is -0.336. The van der Waals surface area contributed by atoms with Gasteiger partial charge in [-0.3, -0.25) is 14.4 Å². The Bertz CT molecular complexity index is 4230. The highest BCUT2D eigenvalue weighted by atomic mass is 16.8. The molecule has 16 rings (SSSR count). The number of benzene rings is 1. The predicted octanol–water partition coefficient (Wildman–Crippen LogP) is 14.4. The third-order valence-electron chi connectivity index (χ3n) is 41.3. The van der Waals surface area contributed by atoms with Gasteiger partial charge in [0.25, 0.3) is 0 Å². The van der Waals surface area contributed by atoms with Crippen LogP contribution >= 0.6 is 0 Å². The monoisotopic (exact) mass is 2130 g/mol. The lowest BCUT2D eigenvalue weighted by Gasteiger charge is -2.49. The molecular formula is C117H192O33. The predicted molar refractivity (Wildman–Crippen MR) is 550 cm³/mol. The summed E-state index contributed by atoms with van der Waals surface area (Å²) in [6.45, 7) is 46.0. The molecule has 0 saturated carbocycles. The lowest BCUT2D eigenvalue weighted by Crippen LogP contribution is -2.57. The third-order valence-corrected chi connectivity index (χ3v) is 41.3. The van der Waals surface area contributed by atoms with Gasteiger partial charge in [0.1, 0.15) is 19.8 Å². The largest absolute Gasteiger partial charge is 0.461 e. The zero-order chi connectivity index (χ0) is 109. The molecule has 0 aliphatic carbocycles. The van der Waals surface area contributed by atoms with Crippen LogP contribution in [0.5, 0.6) is 0 Å². The number of esters is 3. The van der Waals surface area contributed by atoms with Crippen LogP contribution in [0.4, 0.5) is 0 Å². The number of rotatable bonds is 36. The zero-order valence-electron chi connectivity index (χ0n) is 95.3. The Morgan fingerprint density at radius 2 is 0.600 bits per heavy atom. The molecule has 3 spiro atoms. The third kappa shape index (κ3) is 22.7. The summed E-state index contributed by atoms with van der Waals surface area (Å²) in [7, 11) is 4.65. The van der Waals surface area contributed by atoms with Crippen molar-refractivity contribution in [2.75, 3.05) is 41.2 Å². The first-order chi connectivity index (χ1) is 70.6. The second-order valence-electron chi connectivity index (χ2n) is 51.9. The van der Waals surface area contributed by atoms with Gasteiger partial charge >= 0.3 is 17.9 Å². The molecule has 1 aromatic rings. The number of aliphatic hydroxyl groups excluding tert-OH is 6. The first-order valence-electron chi connectivity index (χ1n) is 58.0. The summed E-state index contributed by atoms with van der Waals surface area (Å²) in [6, 6.07) is 5.33. The quantitative estimate of drug-likeness (QED) is 0.0222. The van der Waals surface area contributed by atoms with Gasteiger partial charge in [-0.2, -0.15) is 0 Å². The zero-order valence-corrected chi connectivity index (χ0v) is 95.3. The maximum atomic E-state index is 14.9. The summed E-state index contributed by atoms with van der Waals surface area (Å²) in [6.07, 6.45) is 3.80. The van der Waals surface area contributed by atoms with Crippen LogP contribution in [0.3, 0.4) is 0 Å². The van der Waals surface area contributed by atoms with E-state index in [0.717, 1.165) is 19.3 Å². The number of hydrogen-bond donors (Lipinski definition) is 9. The fraction of sp³-hybridized carbons (Fsp3) is 0.923. The van der Waals surface area contributed by atoms with Crippen LogP contribution in [-0.4, -0.2) is 302 Å². The number of hydrogen-bond acceptors (Lipinski definition) is 33. The van der Waals surface area contributed by atoms with Crippen LogP contribution in [0, 0.1) is 107 Å². The summed E-state index contributed by atoms with van der Waals surface area (Å²) in [5, 5.41) is 101. The molecule has 0 bridgehead atoms. The first-order valence-corrected chi connectivity index (χ1v) is 58.0. The topological polar surface area (TPSA) is 427 Å². The summed E-state index contributed by atoms with van der Waals surface area (Å²) >= 11 is 0. The summed E-state index contributed by atoms with van der Waals surface area (Å²) < 4.78 is 143. The Morgan fingerprint density at radius 3 is 0.827 bits per heavy atom. The van der Waals surface area contributed by atoms with Crippen molar-refractivity contribution in [3.63, 3.8) is 0 Å². The molecule has 9 N–H and O–H groups in total. The Morgan fingerprint density at radius 1 is 0.353 bits per heavy atom. The van der Waals surface area contributed by atoms with Crippen molar-refractivity contribution in [1.29, 1.82) is 0 Å². The number of methoxy groups -OCH3 is 3. The Balaban J connectivity index is 0.582. The molecular weight excluding hydrogens is 1930 g/mol. The van der Waals surface area contributed by atoms with Crippen molar-refractivity contribution in [2.45, 2.75) is 537 Å². The second-order valence-corrected chi connectivity index (χ2v) is 51.9. The molecule has 0 radical (unpaired) electrons. The molecule has 858 valence electrons.